The molecule has 2 aromatic heterocycles. The number of hydrogen-bond acceptors (Lipinski definition) is 8. The number of thiophene rings is 1. The molecular weight excluding hydrogens is 600 g/mol. The van der Waals surface area contributed by atoms with Crippen molar-refractivity contribution in [1.82, 2.24) is 14.5 Å². The predicted octanol–water partition coefficient (Wildman–Crippen LogP) is 5.72. The first kappa shape index (κ1) is 31.2. The number of anilines is 4. The van der Waals surface area contributed by atoms with Crippen LogP contribution < -0.4 is 21.9 Å². The van der Waals surface area contributed by atoms with Crippen LogP contribution in [-0.4, -0.2) is 45.1 Å². The number of nitrogens with two attached hydrogens (primary N) is 1. The summed E-state index contributed by atoms with van der Waals surface area (Å²) in [6.07, 6.45) is 7.36. The Morgan fingerprint density at radius 1 is 1.04 bits per heavy atom. The summed E-state index contributed by atoms with van der Waals surface area (Å²) in [6, 6.07) is 12.6. The van der Waals surface area contributed by atoms with Crippen molar-refractivity contribution in [3.8, 4) is 11.3 Å². The number of Topliss-reactive ketones (excluding diaryl/α,β-unsaturated/α-hetero) is 1. The first-order chi connectivity index (χ1) is 22.1. The SMILES string of the molecule is CC(=O)C1CCN(C(=O)c2ccc(Nc3nc(-c4cccc(NC(=O)c5cc6c(s5)CCCC6)c4C)cn(C)c3=O)cc2N)CC1. The summed E-state index contributed by atoms with van der Waals surface area (Å²) in [5.74, 6) is -0.0470. The summed E-state index contributed by atoms with van der Waals surface area (Å²) in [5, 5.41) is 6.16. The third-order valence-electron chi connectivity index (χ3n) is 9.05. The second kappa shape index (κ2) is 12.9. The molecule has 0 spiro atoms. The van der Waals surface area contributed by atoms with E-state index < -0.39 is 0 Å². The maximum absolute atomic E-state index is 13.2. The van der Waals surface area contributed by atoms with Crippen molar-refractivity contribution in [1.29, 1.82) is 0 Å². The maximum Gasteiger partial charge on any atom is 0.293 e. The number of benzene rings is 2. The predicted molar refractivity (Wildman–Crippen MR) is 182 cm³/mol. The van der Waals surface area contributed by atoms with Crippen LogP contribution in [0.25, 0.3) is 11.3 Å². The Labute approximate surface area is 271 Å². The molecule has 0 radical (unpaired) electrons. The highest BCUT2D eigenvalue weighted by atomic mass is 32.1. The number of amides is 2. The van der Waals surface area contributed by atoms with Gasteiger partial charge in [-0.1, -0.05) is 12.1 Å². The first-order valence-corrected chi connectivity index (χ1v) is 16.5. The van der Waals surface area contributed by atoms with Crippen LogP contribution in [0.2, 0.25) is 0 Å². The van der Waals surface area contributed by atoms with Crippen LogP contribution in [-0.2, 0) is 24.7 Å². The monoisotopic (exact) mass is 638 g/mol. The van der Waals surface area contributed by atoms with Gasteiger partial charge < -0.3 is 25.8 Å². The highest BCUT2D eigenvalue weighted by Crippen LogP contribution is 2.32. The topological polar surface area (TPSA) is 139 Å². The van der Waals surface area contributed by atoms with Gasteiger partial charge in [-0.25, -0.2) is 4.98 Å². The van der Waals surface area contributed by atoms with Gasteiger partial charge in [-0.2, -0.15) is 0 Å². The van der Waals surface area contributed by atoms with Gasteiger partial charge in [0.15, 0.2) is 5.82 Å². The van der Waals surface area contributed by atoms with Gasteiger partial charge in [-0.05, 0) is 93.8 Å². The zero-order chi connectivity index (χ0) is 32.5. The summed E-state index contributed by atoms with van der Waals surface area (Å²) < 4.78 is 1.46. The number of ketones is 1. The number of hydrogen-bond donors (Lipinski definition) is 3. The Kier molecular flexibility index (Phi) is 8.77. The lowest BCUT2D eigenvalue weighted by Crippen LogP contribution is -2.40. The molecule has 11 heteroatoms. The minimum atomic E-state index is -0.334. The summed E-state index contributed by atoms with van der Waals surface area (Å²) in [7, 11) is 1.66. The van der Waals surface area contributed by atoms with E-state index in [0.717, 1.165) is 30.4 Å². The Balaban J connectivity index is 1.20. The van der Waals surface area contributed by atoms with E-state index in [1.54, 1.807) is 54.6 Å². The molecular formula is C35H38N6O4S. The van der Waals surface area contributed by atoms with Crippen LogP contribution in [0.5, 0.6) is 0 Å². The van der Waals surface area contributed by atoms with Gasteiger partial charge in [0.05, 0.1) is 16.1 Å². The van der Waals surface area contributed by atoms with Crippen molar-refractivity contribution < 1.29 is 14.4 Å². The van der Waals surface area contributed by atoms with Crippen LogP contribution in [0, 0.1) is 12.8 Å². The quantitative estimate of drug-likeness (QED) is 0.220. The molecule has 1 aliphatic carbocycles. The lowest BCUT2D eigenvalue weighted by molar-refractivity contribution is -0.121. The number of likely N-dealkylation sites (tertiary alicyclic amines) is 1. The van der Waals surface area contributed by atoms with Gasteiger partial charge >= 0.3 is 0 Å². The average molecular weight is 639 g/mol. The third-order valence-corrected chi connectivity index (χ3v) is 10.3. The van der Waals surface area contributed by atoms with E-state index in [1.807, 2.05) is 31.2 Å². The highest BCUT2D eigenvalue weighted by Gasteiger charge is 2.27. The zero-order valence-corrected chi connectivity index (χ0v) is 27.1. The molecule has 0 atom stereocenters. The molecule has 0 saturated carbocycles. The molecule has 2 amide bonds. The van der Waals surface area contributed by atoms with Crippen LogP contribution >= 0.6 is 11.3 Å². The van der Waals surface area contributed by atoms with Crippen molar-refractivity contribution in [3.05, 3.63) is 85.5 Å². The zero-order valence-electron chi connectivity index (χ0n) is 26.3. The highest BCUT2D eigenvalue weighted by molar-refractivity contribution is 7.14. The van der Waals surface area contributed by atoms with Gasteiger partial charge in [0, 0.05) is 59.8 Å². The van der Waals surface area contributed by atoms with E-state index in [0.29, 0.717) is 53.4 Å². The number of nitrogen functional groups attached to an aromatic ring is 1. The molecule has 4 aromatic rings. The molecule has 4 N–H and O–H groups in total. The number of nitrogens with zero attached hydrogens (tertiary/aromatic N) is 3. The average Bonchev–Trinajstić information content (AvgIpc) is 3.49. The summed E-state index contributed by atoms with van der Waals surface area (Å²) in [4.78, 5) is 59.6. The summed E-state index contributed by atoms with van der Waals surface area (Å²) >= 11 is 1.58. The van der Waals surface area contributed by atoms with Gasteiger partial charge in [0.1, 0.15) is 5.78 Å². The van der Waals surface area contributed by atoms with Gasteiger partial charge in [0.2, 0.25) is 0 Å². The van der Waals surface area contributed by atoms with Crippen LogP contribution in [0.15, 0.2) is 53.5 Å². The Morgan fingerprint density at radius 2 is 1.80 bits per heavy atom. The van der Waals surface area contributed by atoms with E-state index in [2.05, 4.69) is 15.6 Å². The van der Waals surface area contributed by atoms with Crippen molar-refractivity contribution >= 4 is 51.8 Å². The van der Waals surface area contributed by atoms with Crippen molar-refractivity contribution in [2.24, 2.45) is 13.0 Å². The molecule has 6 rings (SSSR count). The van der Waals surface area contributed by atoms with Crippen molar-refractivity contribution in [2.45, 2.75) is 52.4 Å². The molecule has 3 heterocycles. The minimum absolute atomic E-state index is 0.000279. The number of nitrogens with one attached hydrogen (secondary N) is 2. The van der Waals surface area contributed by atoms with E-state index in [9.17, 15) is 19.2 Å². The number of piperidine rings is 1. The number of aryl methyl sites for hydroxylation is 3. The third kappa shape index (κ3) is 6.32. The molecule has 46 heavy (non-hydrogen) atoms. The molecule has 1 saturated heterocycles. The molecule has 10 nitrogen and oxygen atoms in total. The van der Waals surface area contributed by atoms with Gasteiger partial charge in [-0.3, -0.25) is 19.2 Å². The number of rotatable bonds is 7. The molecule has 1 fully saturated rings. The van der Waals surface area contributed by atoms with Crippen LogP contribution in [0.4, 0.5) is 22.9 Å². The molecule has 1 aliphatic heterocycles. The summed E-state index contributed by atoms with van der Waals surface area (Å²) in [6.45, 7) is 4.54. The lowest BCUT2D eigenvalue weighted by Gasteiger charge is -2.31. The van der Waals surface area contributed by atoms with E-state index >= 15 is 0 Å². The van der Waals surface area contributed by atoms with Gasteiger partial charge in [0.25, 0.3) is 17.4 Å². The fourth-order valence-corrected chi connectivity index (χ4v) is 7.43. The normalized spacial score (nSPS) is 14.9. The smallest absolute Gasteiger partial charge is 0.293 e. The van der Waals surface area contributed by atoms with E-state index in [4.69, 9.17) is 5.73 Å². The van der Waals surface area contributed by atoms with Crippen LogP contribution in [0.1, 0.15) is 68.6 Å². The van der Waals surface area contributed by atoms with E-state index in [1.165, 1.54) is 21.4 Å². The number of aromatic nitrogens is 2. The second-order valence-corrected chi connectivity index (χ2v) is 13.3. The first-order valence-electron chi connectivity index (χ1n) is 15.7. The minimum Gasteiger partial charge on any atom is -0.398 e. The Hall–Kier alpha value is -4.77. The standard InChI is InChI=1S/C35H38N6O4S/c1-20-25(8-6-9-28(20)39-33(43)31-17-23-7-4-5-10-30(23)46-31)29-19-40(3)35(45)32(38-29)37-24-11-12-26(27(36)18-24)34(44)41-15-13-22(14-16-41)21(2)42/h6,8-9,11-12,17-19,22H,4-5,7,10,13-16,36H2,1-3H3,(H,37,38)(H,39,43). The number of fused-ring (bicyclic) bond motifs is 1. The molecule has 2 aliphatic rings. The lowest BCUT2D eigenvalue weighted by atomic mass is 9.93. The Bertz CT molecular complexity index is 1880. The molecule has 0 bridgehead atoms. The molecule has 2 aromatic carbocycles. The maximum atomic E-state index is 13.2. The molecule has 238 valence electrons. The second-order valence-electron chi connectivity index (χ2n) is 12.2. The van der Waals surface area contributed by atoms with E-state index in [-0.39, 0.29) is 40.6 Å². The molecule has 0 unspecified atom stereocenters. The number of carbonyl (C=O) groups is 3. The largest absolute Gasteiger partial charge is 0.398 e. The van der Waals surface area contributed by atoms with Crippen LogP contribution in [0.3, 0.4) is 0 Å². The van der Waals surface area contributed by atoms with Crippen molar-refractivity contribution in [3.63, 3.8) is 0 Å². The fourth-order valence-electron chi connectivity index (χ4n) is 6.28. The Morgan fingerprint density at radius 3 is 2.52 bits per heavy atom. The fraction of sp³-hybridized carbons (Fsp3) is 0.343. The van der Waals surface area contributed by atoms with Crippen molar-refractivity contribution in [2.75, 3.05) is 29.5 Å². The summed E-state index contributed by atoms with van der Waals surface area (Å²) in [5.41, 5.74) is 11.3. The number of carbonyl (C=O) groups excluding carboxylic acids is 3. The van der Waals surface area contributed by atoms with Gasteiger partial charge in [-0.15, -0.1) is 11.3 Å².